The van der Waals surface area contributed by atoms with Crippen molar-refractivity contribution >= 4 is 53.6 Å². The minimum atomic E-state index is -5.61. The molecule has 0 aliphatic heterocycles. The summed E-state index contributed by atoms with van der Waals surface area (Å²) in [5.74, 6) is 0. The van der Waals surface area contributed by atoms with E-state index in [2.05, 4.69) is 9.05 Å². The van der Waals surface area contributed by atoms with Crippen LogP contribution >= 0.6 is 53.6 Å². The Bertz CT molecular complexity index is 741. The maximum absolute atomic E-state index is 10.5. The Morgan fingerprint density at radius 2 is 0.758 bits per heavy atom. The SMILES string of the molecule is O=P([O-])([O-])C(O)P(=O)([O-])OCCl.O=P([O-])([O-])C(O)P(=O)([O-])OCCl.[O]=[U+2]=[O].[O]=[U+2]=[O].[O]=[U+2]=[O]. The van der Waals surface area contributed by atoms with E-state index in [-0.39, 0.29) is 0 Å². The zero-order chi connectivity index (χ0) is 28.1. The van der Waals surface area contributed by atoms with E-state index in [1.807, 2.05) is 0 Å². The molecule has 0 saturated heterocycles. The molecular weight excluding hydrogens is 1280 g/mol. The van der Waals surface area contributed by atoms with Crippen molar-refractivity contribution in [1.29, 1.82) is 0 Å². The first-order valence-corrected chi connectivity index (χ1v) is 23.8. The summed E-state index contributed by atoms with van der Waals surface area (Å²) in [6, 6.07) is -1.73. The summed E-state index contributed by atoms with van der Waals surface area (Å²) < 4.78 is 99.7. The molecule has 190 valence electrons. The zero-order valence-electron chi connectivity index (χ0n) is 14.9. The van der Waals surface area contributed by atoms with Crippen molar-refractivity contribution < 1.29 is 164 Å². The molecule has 29 heteroatoms. The Morgan fingerprint density at radius 3 is 0.848 bits per heavy atom. The summed E-state index contributed by atoms with van der Waals surface area (Å²) in [7, 11) is -21.5. The molecule has 4 atom stereocenters. The molecule has 0 fully saturated rings. The first-order chi connectivity index (χ1) is 14.7. The Morgan fingerprint density at radius 1 is 0.606 bits per heavy atom. The molecule has 0 rings (SSSR count). The number of aliphatic hydroxyl groups is 2. The molecule has 20 nitrogen and oxygen atoms in total. The van der Waals surface area contributed by atoms with Gasteiger partial charge in [0.25, 0.3) is 0 Å². The second-order valence-electron chi connectivity index (χ2n) is 3.58. The number of hydrogen-bond donors (Lipinski definition) is 2. The topological polar surface area (TPSA) is 368 Å². The van der Waals surface area contributed by atoms with Gasteiger partial charge in [0, 0.05) is 0 Å². The van der Waals surface area contributed by atoms with Crippen LogP contribution in [0.5, 0.6) is 0 Å². The predicted molar refractivity (Wildman–Crippen MR) is 70.2 cm³/mol. The van der Waals surface area contributed by atoms with E-state index in [0.29, 0.717) is 0 Å². The van der Waals surface area contributed by atoms with E-state index in [4.69, 9.17) is 46.8 Å². The van der Waals surface area contributed by atoms with E-state index < -0.39 is 137 Å². The summed E-state index contributed by atoms with van der Waals surface area (Å²) in [6.07, 6.45) is 0. The molecule has 0 saturated carbocycles. The van der Waals surface area contributed by atoms with Crippen LogP contribution in [0.25, 0.3) is 0 Å². The van der Waals surface area contributed by atoms with E-state index in [1.54, 1.807) is 0 Å². The molecule has 2 N–H and O–H groups in total. The Kier molecular flexibility index (Phi) is 35.3. The van der Waals surface area contributed by atoms with Gasteiger partial charge in [0.05, 0.1) is 0 Å². The molecule has 0 aromatic heterocycles. The molecule has 0 spiro atoms. The van der Waals surface area contributed by atoms with Gasteiger partial charge in [-0.15, -0.1) is 0 Å². The van der Waals surface area contributed by atoms with Gasteiger partial charge in [0.15, 0.2) is 15.2 Å². The third-order valence-electron chi connectivity index (χ3n) is 1.59. The summed E-state index contributed by atoms with van der Waals surface area (Å²) in [4.78, 5) is 60.9. The third kappa shape index (κ3) is 31.2. The van der Waals surface area contributed by atoms with Crippen LogP contribution in [0.2, 0.25) is 0 Å². The van der Waals surface area contributed by atoms with E-state index in [9.17, 15) is 47.6 Å². The molecule has 0 amide bonds. The second-order valence-corrected chi connectivity index (χ2v) is 13.7. The number of hydrogen-bond acceptors (Lipinski definition) is 20. The minimum absolute atomic E-state index is 0.863. The number of alkyl halides is 2. The average Bonchev–Trinajstić information content (AvgIpc) is 2.61. The van der Waals surface area contributed by atoms with Crippen molar-refractivity contribution in [3.05, 3.63) is 0 Å². The quantitative estimate of drug-likeness (QED) is 0.170. The van der Waals surface area contributed by atoms with Gasteiger partial charge in [-0.25, -0.2) is 0 Å². The average molecular weight is 1280 g/mol. The monoisotopic (exact) mass is 1280 g/mol. The van der Waals surface area contributed by atoms with Crippen LogP contribution in [-0.2, 0) is 40.7 Å². The van der Waals surface area contributed by atoms with E-state index >= 15 is 0 Å². The number of halogens is 2. The van der Waals surface area contributed by atoms with Gasteiger partial charge in [-0.2, -0.15) is 0 Å². The van der Waals surface area contributed by atoms with Gasteiger partial charge in [-0.1, -0.05) is 23.2 Å². The van der Waals surface area contributed by atoms with Crippen LogP contribution in [0, 0.1) is 83.5 Å². The zero-order valence-corrected chi connectivity index (χ0v) is 32.4. The third-order valence-corrected chi connectivity index (χ3v) is 8.75. The molecule has 0 radical (unpaired) electrons. The fourth-order valence-electron chi connectivity index (χ4n) is 0.616. The predicted octanol–water partition coefficient (Wildman–Crippen LogP) is -4.83. The fraction of sp³-hybridized carbons (Fsp3) is 1.00. The van der Waals surface area contributed by atoms with E-state index in [0.717, 1.165) is 0 Å². The molecule has 33 heavy (non-hydrogen) atoms. The molecule has 0 bridgehead atoms. The Balaban J connectivity index is -0.000000116. The molecule has 0 aromatic carbocycles. The van der Waals surface area contributed by atoms with Crippen molar-refractivity contribution in [3.8, 4) is 0 Å². The first-order valence-electron chi connectivity index (χ1n) is 6.08. The normalized spacial score (nSPS) is 15.3. The van der Waals surface area contributed by atoms with Crippen molar-refractivity contribution in [1.82, 2.24) is 0 Å². The van der Waals surface area contributed by atoms with Crippen molar-refractivity contribution in [2.45, 2.75) is 11.2 Å². The van der Waals surface area contributed by atoms with Gasteiger partial charge in [-0.05, 0) is 15.2 Å². The van der Waals surface area contributed by atoms with Crippen LogP contribution in [0.4, 0.5) is 0 Å². The Hall–Kier alpha value is 3.06. The van der Waals surface area contributed by atoms with Crippen LogP contribution in [0.3, 0.4) is 0 Å². The van der Waals surface area contributed by atoms with Crippen molar-refractivity contribution in [2.24, 2.45) is 0 Å². The fourth-order valence-corrected chi connectivity index (χ4v) is 5.14. The van der Waals surface area contributed by atoms with Gasteiger partial charge < -0.3 is 66.9 Å². The second kappa shape index (κ2) is 25.3. The molecule has 4 unspecified atom stereocenters. The molecule has 0 aliphatic carbocycles. The number of aliphatic hydroxyl groups excluding tert-OH is 2. The summed E-state index contributed by atoms with van der Waals surface area (Å²) in [5, 5.41) is 16.8. The van der Waals surface area contributed by atoms with Crippen LogP contribution < -0.4 is 29.4 Å². The molecule has 0 aromatic rings. The molecular formula is C4H8Cl2O20P4U3. The molecule has 0 heterocycles. The van der Waals surface area contributed by atoms with Gasteiger partial charge in [0.2, 0.25) is 0 Å². The standard InChI is InChI=1S/2C2H7ClO7P2.6O.3U/c2*3-1-10-12(8,9)2(4)11(5,6)7;;;;;;;;;/h2*2,4H,1H2,(H,8,9)(H2,5,6,7);;;;;;;;;/q;;;;;;;;3*+2/p-6. The maximum atomic E-state index is 10.5. The van der Waals surface area contributed by atoms with Gasteiger partial charge in [-0.3, -0.25) is 0 Å². The summed E-state index contributed by atoms with van der Waals surface area (Å²) >= 11 is 2.05. The first kappa shape index (κ1) is 45.9. The number of rotatable bonds is 8. The van der Waals surface area contributed by atoms with Gasteiger partial charge >= 0.3 is 96.9 Å². The Labute approximate surface area is 237 Å². The van der Waals surface area contributed by atoms with Gasteiger partial charge in [0.1, 0.15) is 23.3 Å². The van der Waals surface area contributed by atoms with Crippen molar-refractivity contribution in [2.75, 3.05) is 12.1 Å². The molecule has 0 aliphatic rings. The summed E-state index contributed by atoms with van der Waals surface area (Å²) in [5.41, 5.74) is -6.16. The summed E-state index contributed by atoms with van der Waals surface area (Å²) in [6.45, 7) is 0. The van der Waals surface area contributed by atoms with Crippen LogP contribution in [-0.4, -0.2) is 33.5 Å². The van der Waals surface area contributed by atoms with Crippen LogP contribution in [0.15, 0.2) is 0 Å². The van der Waals surface area contributed by atoms with Crippen molar-refractivity contribution in [3.63, 3.8) is 0 Å². The van der Waals surface area contributed by atoms with Crippen LogP contribution in [0.1, 0.15) is 0 Å². The van der Waals surface area contributed by atoms with E-state index in [1.165, 1.54) is 0 Å².